The predicted octanol–water partition coefficient (Wildman–Crippen LogP) is 4.46. The predicted molar refractivity (Wildman–Crippen MR) is 127 cm³/mol. The fourth-order valence-electron chi connectivity index (χ4n) is 3.81. The van der Waals surface area contributed by atoms with Gasteiger partial charge in [0.25, 0.3) is 5.91 Å². The van der Waals surface area contributed by atoms with E-state index in [0.717, 1.165) is 53.1 Å². The van der Waals surface area contributed by atoms with Gasteiger partial charge < -0.3 is 19.8 Å². The molecule has 0 aliphatic rings. The van der Waals surface area contributed by atoms with Crippen molar-refractivity contribution in [1.82, 2.24) is 29.7 Å². The molecule has 1 amide bonds. The Hall–Kier alpha value is -3.19. The van der Waals surface area contributed by atoms with Gasteiger partial charge in [0.2, 0.25) is 0 Å². The molecular weight excluding hydrogens is 388 g/mol. The number of aryl methyl sites for hydroxylation is 1. The number of carbonyl (C=O) groups is 1. The number of nitrogens with one attached hydrogen (secondary N) is 2. The Bertz CT molecular complexity index is 1190. The molecule has 4 aromatic rings. The average molecular weight is 421 g/mol. The van der Waals surface area contributed by atoms with Crippen molar-refractivity contribution in [3.63, 3.8) is 0 Å². The van der Waals surface area contributed by atoms with E-state index < -0.39 is 0 Å². The van der Waals surface area contributed by atoms with Crippen LogP contribution in [-0.4, -0.2) is 68.9 Å². The Labute approximate surface area is 183 Å². The normalized spacial score (nSPS) is 11.3. The number of aromatic nitrogens is 4. The van der Waals surface area contributed by atoms with E-state index in [4.69, 9.17) is 0 Å². The van der Waals surface area contributed by atoms with Gasteiger partial charge >= 0.3 is 0 Å². The van der Waals surface area contributed by atoms with E-state index in [1.165, 1.54) is 0 Å². The van der Waals surface area contributed by atoms with Crippen molar-refractivity contribution >= 4 is 28.0 Å². The molecule has 0 atom stereocenters. The van der Waals surface area contributed by atoms with Gasteiger partial charge in [0.05, 0.1) is 5.52 Å². The van der Waals surface area contributed by atoms with Gasteiger partial charge in [-0.2, -0.15) is 0 Å². The molecule has 1 aromatic carbocycles. The van der Waals surface area contributed by atoms with E-state index in [9.17, 15) is 4.79 Å². The van der Waals surface area contributed by atoms with Gasteiger partial charge in [-0.15, -0.1) is 0 Å². The van der Waals surface area contributed by atoms with Crippen LogP contribution < -0.4 is 0 Å². The number of imidazole rings is 1. The summed E-state index contributed by atoms with van der Waals surface area (Å²) >= 11 is 0. The molecule has 0 saturated heterocycles. The van der Waals surface area contributed by atoms with Crippen molar-refractivity contribution in [2.75, 3.05) is 33.2 Å². The van der Waals surface area contributed by atoms with Crippen LogP contribution in [0.15, 0.2) is 36.5 Å². The summed E-state index contributed by atoms with van der Waals surface area (Å²) in [4.78, 5) is 32.5. The first-order valence-corrected chi connectivity index (χ1v) is 10.4. The summed E-state index contributed by atoms with van der Waals surface area (Å²) in [6.45, 7) is 9.79. The van der Waals surface area contributed by atoms with Crippen molar-refractivity contribution in [2.45, 2.75) is 28.2 Å². The lowest BCUT2D eigenvalue weighted by atomic mass is 10.1. The van der Waals surface area contributed by atoms with Gasteiger partial charge in [-0.25, -0.2) is 9.97 Å². The smallest absolute Gasteiger partial charge is 0.253 e. The molecule has 0 fully saturated rings. The molecule has 7 heteroatoms. The molecule has 3 aromatic heterocycles. The minimum atomic E-state index is 0. The van der Waals surface area contributed by atoms with Crippen LogP contribution in [0.4, 0.5) is 0 Å². The molecule has 0 unspecified atom stereocenters. The molecule has 0 spiro atoms. The molecule has 0 aliphatic heterocycles. The maximum absolute atomic E-state index is 12.9. The van der Waals surface area contributed by atoms with Gasteiger partial charge in [0.1, 0.15) is 5.82 Å². The van der Waals surface area contributed by atoms with Crippen molar-refractivity contribution in [3.8, 4) is 11.3 Å². The highest BCUT2D eigenvalue weighted by Gasteiger charge is 2.15. The second kappa shape index (κ2) is 9.31. The zero-order valence-corrected chi connectivity index (χ0v) is 18.0. The fourth-order valence-corrected chi connectivity index (χ4v) is 3.81. The van der Waals surface area contributed by atoms with Crippen LogP contribution >= 0.6 is 0 Å². The zero-order chi connectivity index (χ0) is 21.3. The average Bonchev–Trinajstić information content (AvgIpc) is 3.35. The Morgan fingerprint density at radius 1 is 1.06 bits per heavy atom. The van der Waals surface area contributed by atoms with Gasteiger partial charge in [-0.05, 0) is 44.3 Å². The van der Waals surface area contributed by atoms with Crippen LogP contribution in [0.1, 0.15) is 37.5 Å². The Balaban J connectivity index is 0.00000272. The molecule has 3 heterocycles. The SMILES string of the molecule is C.CCN(CC)CCN(C)C(=O)c1ccc2cc(-c3ccnc4nc(C)[nH]c34)[nH]c2c1. The standard InChI is InChI=1S/C23H28N6O.CH4/c1-5-29(6-2)12-11-28(4)23(30)17-8-7-16-13-20(27-19(16)14-17)18-9-10-24-22-21(18)25-15(3)26-22;/h7-10,13-14,27H,5-6,11-12H2,1-4H3,(H,24,25,26);1H4. The van der Waals surface area contributed by atoms with Gasteiger partial charge in [0, 0.05) is 54.1 Å². The minimum absolute atomic E-state index is 0. The number of amides is 1. The first kappa shape index (κ1) is 22.5. The topological polar surface area (TPSA) is 80.9 Å². The van der Waals surface area contributed by atoms with Crippen LogP contribution in [0, 0.1) is 6.92 Å². The number of pyridine rings is 1. The Morgan fingerprint density at radius 2 is 1.84 bits per heavy atom. The van der Waals surface area contributed by atoms with Crippen molar-refractivity contribution in [3.05, 3.63) is 47.9 Å². The number of nitrogens with zero attached hydrogens (tertiary/aromatic N) is 4. The number of hydrogen-bond donors (Lipinski definition) is 2. The number of H-pyrrole nitrogens is 2. The van der Waals surface area contributed by atoms with Crippen LogP contribution in [0.3, 0.4) is 0 Å². The first-order chi connectivity index (χ1) is 14.5. The molecule has 31 heavy (non-hydrogen) atoms. The number of benzene rings is 1. The summed E-state index contributed by atoms with van der Waals surface area (Å²) in [5.74, 6) is 0.873. The lowest BCUT2D eigenvalue weighted by Gasteiger charge is -2.23. The summed E-state index contributed by atoms with van der Waals surface area (Å²) in [5, 5.41) is 1.06. The van der Waals surface area contributed by atoms with Gasteiger partial charge in [-0.3, -0.25) is 4.79 Å². The molecule has 7 nitrogen and oxygen atoms in total. The van der Waals surface area contributed by atoms with Gasteiger partial charge in [-0.1, -0.05) is 27.3 Å². The molecule has 0 saturated carbocycles. The van der Waals surface area contributed by atoms with Crippen LogP contribution in [0.5, 0.6) is 0 Å². The second-order valence-electron chi connectivity index (χ2n) is 7.62. The van der Waals surface area contributed by atoms with Crippen LogP contribution in [-0.2, 0) is 0 Å². The highest BCUT2D eigenvalue weighted by molar-refractivity contribution is 5.99. The molecule has 0 bridgehead atoms. The zero-order valence-electron chi connectivity index (χ0n) is 18.0. The van der Waals surface area contributed by atoms with E-state index in [2.05, 4.69) is 44.7 Å². The summed E-state index contributed by atoms with van der Waals surface area (Å²) in [7, 11) is 1.87. The third kappa shape index (κ3) is 4.46. The van der Waals surface area contributed by atoms with Crippen molar-refractivity contribution in [1.29, 1.82) is 0 Å². The molecule has 2 N–H and O–H groups in total. The molecular formula is C24H32N6O. The largest absolute Gasteiger partial charge is 0.354 e. The van der Waals surface area contributed by atoms with E-state index in [-0.39, 0.29) is 13.3 Å². The molecule has 164 valence electrons. The number of likely N-dealkylation sites (N-methyl/N-ethyl adjacent to an activating group) is 2. The minimum Gasteiger partial charge on any atom is -0.354 e. The maximum atomic E-state index is 12.9. The number of rotatable bonds is 7. The van der Waals surface area contributed by atoms with Crippen molar-refractivity contribution in [2.24, 2.45) is 0 Å². The lowest BCUT2D eigenvalue weighted by Crippen LogP contribution is -2.36. The third-order valence-corrected chi connectivity index (χ3v) is 5.66. The fraction of sp³-hybridized carbons (Fsp3) is 0.375. The Kier molecular flexibility index (Phi) is 6.75. The quantitative estimate of drug-likeness (QED) is 0.462. The number of fused-ring (bicyclic) bond motifs is 2. The summed E-state index contributed by atoms with van der Waals surface area (Å²) < 4.78 is 0. The first-order valence-electron chi connectivity index (χ1n) is 10.4. The number of carbonyl (C=O) groups excluding carboxylic acids is 1. The lowest BCUT2D eigenvalue weighted by molar-refractivity contribution is 0.0780. The monoisotopic (exact) mass is 420 g/mol. The van der Waals surface area contributed by atoms with Gasteiger partial charge in [0.15, 0.2) is 5.65 Å². The number of hydrogen-bond acceptors (Lipinski definition) is 4. The van der Waals surface area contributed by atoms with E-state index in [1.54, 1.807) is 11.1 Å². The van der Waals surface area contributed by atoms with Crippen LogP contribution in [0.2, 0.25) is 0 Å². The van der Waals surface area contributed by atoms with E-state index in [0.29, 0.717) is 17.8 Å². The highest BCUT2D eigenvalue weighted by Crippen LogP contribution is 2.29. The van der Waals surface area contributed by atoms with Crippen LogP contribution in [0.25, 0.3) is 33.3 Å². The molecule has 0 radical (unpaired) electrons. The summed E-state index contributed by atoms with van der Waals surface area (Å²) in [6.07, 6.45) is 1.77. The maximum Gasteiger partial charge on any atom is 0.253 e. The summed E-state index contributed by atoms with van der Waals surface area (Å²) in [5.41, 5.74) is 5.23. The second-order valence-corrected chi connectivity index (χ2v) is 7.62. The molecule has 4 rings (SSSR count). The highest BCUT2D eigenvalue weighted by atomic mass is 16.2. The van der Waals surface area contributed by atoms with Crippen molar-refractivity contribution < 1.29 is 4.79 Å². The molecule has 0 aliphatic carbocycles. The Morgan fingerprint density at radius 3 is 2.58 bits per heavy atom. The van der Waals surface area contributed by atoms with E-state index >= 15 is 0 Å². The number of aromatic amines is 2. The third-order valence-electron chi connectivity index (χ3n) is 5.66. The summed E-state index contributed by atoms with van der Waals surface area (Å²) in [6, 6.07) is 9.90. The van der Waals surface area contributed by atoms with E-state index in [1.807, 2.05) is 38.2 Å².